The Bertz CT molecular complexity index is 538. The van der Waals surface area contributed by atoms with Gasteiger partial charge >= 0.3 is 0 Å². The van der Waals surface area contributed by atoms with Crippen molar-refractivity contribution in [2.24, 2.45) is 0 Å². The zero-order valence-electron chi connectivity index (χ0n) is 11.9. The number of rotatable bonds is 8. The zero-order valence-corrected chi connectivity index (χ0v) is 12.6. The van der Waals surface area contributed by atoms with Crippen LogP contribution < -0.4 is 10.6 Å². The highest BCUT2D eigenvalue weighted by molar-refractivity contribution is 6.31. The number of amides is 1. The van der Waals surface area contributed by atoms with Crippen LogP contribution in [0, 0.1) is 11.3 Å². The van der Waals surface area contributed by atoms with Gasteiger partial charge in [-0.15, -0.1) is 0 Å². The van der Waals surface area contributed by atoms with Gasteiger partial charge in [0.25, 0.3) is 5.91 Å². The Morgan fingerprint density at radius 3 is 2.86 bits per heavy atom. The summed E-state index contributed by atoms with van der Waals surface area (Å²) in [5.74, 6) is -0.417. The van der Waals surface area contributed by atoms with Crippen LogP contribution >= 0.6 is 11.6 Å². The Balaban J connectivity index is 2.41. The number of methoxy groups -OCH3 is 1. The van der Waals surface area contributed by atoms with Gasteiger partial charge < -0.3 is 15.4 Å². The third-order valence-electron chi connectivity index (χ3n) is 2.70. The molecule has 21 heavy (non-hydrogen) atoms. The molecule has 1 rings (SSSR count). The third kappa shape index (κ3) is 6.30. The number of benzene rings is 1. The first-order valence-electron chi connectivity index (χ1n) is 6.53. The van der Waals surface area contributed by atoms with Crippen molar-refractivity contribution in [3.05, 3.63) is 46.6 Å². The van der Waals surface area contributed by atoms with Crippen molar-refractivity contribution < 1.29 is 9.53 Å². The zero-order chi connectivity index (χ0) is 15.5. The Kier molecular flexibility index (Phi) is 7.95. The molecule has 0 atom stereocenters. The fraction of sp³-hybridized carbons (Fsp3) is 0.333. The van der Waals surface area contributed by atoms with Gasteiger partial charge in [-0.2, -0.15) is 5.26 Å². The third-order valence-corrected chi connectivity index (χ3v) is 3.07. The number of nitriles is 1. The fourth-order valence-corrected chi connectivity index (χ4v) is 1.82. The van der Waals surface area contributed by atoms with E-state index in [4.69, 9.17) is 21.6 Å². The van der Waals surface area contributed by atoms with E-state index in [0.717, 1.165) is 5.56 Å². The summed E-state index contributed by atoms with van der Waals surface area (Å²) in [6.07, 6.45) is 2.12. The van der Waals surface area contributed by atoms with Crippen LogP contribution in [0.5, 0.6) is 0 Å². The van der Waals surface area contributed by atoms with E-state index in [1.807, 2.05) is 30.3 Å². The average molecular weight is 308 g/mol. The second-order valence-electron chi connectivity index (χ2n) is 4.21. The number of carbonyl (C=O) groups excluding carboxylic acids is 1. The summed E-state index contributed by atoms with van der Waals surface area (Å²) in [5.41, 5.74) is 1.05. The molecule has 112 valence electrons. The molecule has 0 fully saturated rings. The molecule has 0 bridgehead atoms. The Hall–Kier alpha value is -2.03. The summed E-state index contributed by atoms with van der Waals surface area (Å²) in [4.78, 5) is 11.6. The lowest BCUT2D eigenvalue weighted by Crippen LogP contribution is -2.28. The van der Waals surface area contributed by atoms with Crippen molar-refractivity contribution in [3.8, 4) is 6.07 Å². The van der Waals surface area contributed by atoms with Gasteiger partial charge in [0.05, 0.1) is 6.61 Å². The SMILES string of the molecule is COCCNC(=O)/C(C#N)=C\NCCc1ccccc1Cl. The minimum atomic E-state index is -0.417. The predicted molar refractivity (Wildman–Crippen MR) is 81.7 cm³/mol. The van der Waals surface area contributed by atoms with Crippen molar-refractivity contribution in [1.29, 1.82) is 5.26 Å². The van der Waals surface area contributed by atoms with Crippen LogP contribution in [-0.4, -0.2) is 32.7 Å². The largest absolute Gasteiger partial charge is 0.389 e. The van der Waals surface area contributed by atoms with Crippen LogP contribution in [0.15, 0.2) is 36.0 Å². The second kappa shape index (κ2) is 9.81. The average Bonchev–Trinajstić information content (AvgIpc) is 2.49. The summed E-state index contributed by atoms with van der Waals surface area (Å²) in [7, 11) is 1.55. The molecule has 6 heteroatoms. The maximum absolute atomic E-state index is 11.6. The van der Waals surface area contributed by atoms with Crippen LogP contribution in [0.1, 0.15) is 5.56 Å². The molecular weight excluding hydrogens is 290 g/mol. The van der Waals surface area contributed by atoms with E-state index in [9.17, 15) is 4.79 Å². The van der Waals surface area contributed by atoms with Gasteiger partial charge in [-0.3, -0.25) is 4.79 Å². The number of halogens is 1. The number of carbonyl (C=O) groups is 1. The van der Waals surface area contributed by atoms with Crippen LogP contribution in [0.25, 0.3) is 0 Å². The summed E-state index contributed by atoms with van der Waals surface area (Å²) in [6.45, 7) is 1.36. The lowest BCUT2D eigenvalue weighted by molar-refractivity contribution is -0.117. The highest BCUT2D eigenvalue weighted by atomic mass is 35.5. The molecule has 0 radical (unpaired) electrons. The Morgan fingerprint density at radius 1 is 1.43 bits per heavy atom. The van der Waals surface area contributed by atoms with Gasteiger partial charge in [-0.25, -0.2) is 0 Å². The van der Waals surface area contributed by atoms with Gasteiger partial charge in [0, 0.05) is 31.4 Å². The van der Waals surface area contributed by atoms with Gasteiger partial charge in [0.1, 0.15) is 11.6 Å². The van der Waals surface area contributed by atoms with E-state index in [1.165, 1.54) is 6.20 Å². The molecule has 0 aliphatic heterocycles. The van der Waals surface area contributed by atoms with Crippen molar-refractivity contribution in [2.75, 3.05) is 26.8 Å². The maximum Gasteiger partial charge on any atom is 0.263 e. The molecule has 1 aromatic rings. The summed E-state index contributed by atoms with van der Waals surface area (Å²) in [6, 6.07) is 9.42. The van der Waals surface area contributed by atoms with E-state index < -0.39 is 5.91 Å². The quantitative estimate of drug-likeness (QED) is 0.435. The van der Waals surface area contributed by atoms with Crippen LogP contribution in [-0.2, 0) is 16.0 Å². The number of hydrogen-bond donors (Lipinski definition) is 2. The smallest absolute Gasteiger partial charge is 0.263 e. The van der Waals surface area contributed by atoms with E-state index in [0.29, 0.717) is 31.1 Å². The van der Waals surface area contributed by atoms with Gasteiger partial charge in [-0.1, -0.05) is 29.8 Å². The lowest BCUT2D eigenvalue weighted by atomic mass is 10.1. The van der Waals surface area contributed by atoms with Crippen LogP contribution in [0.2, 0.25) is 5.02 Å². The molecule has 1 aromatic carbocycles. The molecule has 0 unspecified atom stereocenters. The molecule has 0 aliphatic rings. The maximum atomic E-state index is 11.6. The molecule has 2 N–H and O–H groups in total. The number of nitrogens with zero attached hydrogens (tertiary/aromatic N) is 1. The minimum absolute atomic E-state index is 0.0326. The van der Waals surface area contributed by atoms with E-state index in [-0.39, 0.29) is 5.57 Å². The second-order valence-corrected chi connectivity index (χ2v) is 4.62. The molecule has 0 saturated heterocycles. The number of nitrogens with one attached hydrogen (secondary N) is 2. The molecule has 0 aromatic heterocycles. The lowest BCUT2D eigenvalue weighted by Gasteiger charge is -2.05. The molecule has 0 saturated carbocycles. The fourth-order valence-electron chi connectivity index (χ4n) is 1.59. The number of hydrogen-bond acceptors (Lipinski definition) is 4. The highest BCUT2D eigenvalue weighted by Crippen LogP contribution is 2.14. The van der Waals surface area contributed by atoms with Gasteiger partial charge in [0.2, 0.25) is 0 Å². The summed E-state index contributed by atoms with van der Waals surface area (Å²) in [5, 5.41) is 15.2. The highest BCUT2D eigenvalue weighted by Gasteiger charge is 2.07. The standard InChI is InChI=1S/C15H18ClN3O2/c1-21-9-8-19-15(20)13(10-17)11-18-7-6-12-4-2-3-5-14(12)16/h2-5,11,18H,6-9H2,1H3,(H,19,20)/b13-11-. The van der Waals surface area contributed by atoms with E-state index in [1.54, 1.807) is 7.11 Å². The summed E-state index contributed by atoms with van der Waals surface area (Å²) < 4.78 is 4.82. The van der Waals surface area contributed by atoms with Crippen molar-refractivity contribution in [1.82, 2.24) is 10.6 Å². The topological polar surface area (TPSA) is 74.1 Å². The number of ether oxygens (including phenoxy) is 1. The molecule has 0 heterocycles. The first-order valence-corrected chi connectivity index (χ1v) is 6.91. The molecule has 1 amide bonds. The van der Waals surface area contributed by atoms with Crippen LogP contribution in [0.3, 0.4) is 0 Å². The van der Waals surface area contributed by atoms with E-state index in [2.05, 4.69) is 10.6 Å². The molecule has 0 spiro atoms. The van der Waals surface area contributed by atoms with Crippen molar-refractivity contribution in [3.63, 3.8) is 0 Å². The Labute approximate surface area is 129 Å². The Morgan fingerprint density at radius 2 is 2.19 bits per heavy atom. The van der Waals surface area contributed by atoms with Crippen molar-refractivity contribution >= 4 is 17.5 Å². The first-order chi connectivity index (χ1) is 10.2. The normalized spacial score (nSPS) is 10.8. The van der Waals surface area contributed by atoms with Gasteiger partial charge in [-0.05, 0) is 18.1 Å². The molecular formula is C15H18ClN3O2. The van der Waals surface area contributed by atoms with Crippen molar-refractivity contribution in [2.45, 2.75) is 6.42 Å². The van der Waals surface area contributed by atoms with Crippen LogP contribution in [0.4, 0.5) is 0 Å². The minimum Gasteiger partial charge on any atom is -0.389 e. The molecule has 5 nitrogen and oxygen atoms in total. The van der Waals surface area contributed by atoms with Gasteiger partial charge in [0.15, 0.2) is 0 Å². The first kappa shape index (κ1) is 17.0. The monoisotopic (exact) mass is 307 g/mol. The van der Waals surface area contributed by atoms with E-state index >= 15 is 0 Å². The molecule has 0 aliphatic carbocycles. The predicted octanol–water partition coefficient (Wildman–Crippen LogP) is 1.64. The summed E-state index contributed by atoms with van der Waals surface area (Å²) >= 11 is 6.04.